The first kappa shape index (κ1) is 15.5. The van der Waals surface area contributed by atoms with Gasteiger partial charge >= 0.3 is 0 Å². The molecule has 0 atom stereocenters. The Kier molecular flexibility index (Phi) is 5.33. The van der Waals surface area contributed by atoms with Gasteiger partial charge in [-0.1, -0.05) is 29.8 Å². The normalized spacial score (nSPS) is 10.2. The third kappa shape index (κ3) is 4.86. The number of halogens is 2. The second-order valence-electron chi connectivity index (χ2n) is 4.63. The lowest BCUT2D eigenvalue weighted by molar-refractivity contribution is -0.123. The number of rotatable bonds is 5. The van der Waals surface area contributed by atoms with E-state index in [2.05, 4.69) is 21.2 Å². The van der Waals surface area contributed by atoms with Crippen LogP contribution in [0, 0.1) is 12.7 Å². The minimum absolute atomic E-state index is 0.115. The Morgan fingerprint density at radius 2 is 1.95 bits per heavy atom. The maximum atomic E-state index is 12.9. The molecule has 5 heteroatoms. The molecular formula is C16H15BrFNO2. The van der Waals surface area contributed by atoms with Gasteiger partial charge in [0.25, 0.3) is 5.91 Å². The van der Waals surface area contributed by atoms with Crippen molar-refractivity contribution >= 4 is 21.8 Å². The first-order valence-electron chi connectivity index (χ1n) is 6.44. The molecule has 0 saturated heterocycles. The number of carbonyl (C=O) groups excluding carboxylic acids is 1. The van der Waals surface area contributed by atoms with E-state index >= 15 is 0 Å². The van der Waals surface area contributed by atoms with Gasteiger partial charge < -0.3 is 10.1 Å². The average Bonchev–Trinajstić information content (AvgIpc) is 2.46. The van der Waals surface area contributed by atoms with Gasteiger partial charge in [-0.05, 0) is 46.6 Å². The first-order chi connectivity index (χ1) is 10.0. The molecule has 0 aliphatic carbocycles. The van der Waals surface area contributed by atoms with Gasteiger partial charge in [0.1, 0.15) is 11.6 Å². The largest absolute Gasteiger partial charge is 0.483 e. The van der Waals surface area contributed by atoms with Crippen molar-refractivity contribution in [1.82, 2.24) is 5.32 Å². The fraction of sp³-hybridized carbons (Fsp3) is 0.188. The number of ether oxygens (including phenoxy) is 1. The number of hydrogen-bond donors (Lipinski definition) is 1. The molecule has 110 valence electrons. The summed E-state index contributed by atoms with van der Waals surface area (Å²) in [7, 11) is 0. The Labute approximate surface area is 131 Å². The number of amides is 1. The van der Waals surface area contributed by atoms with Crippen LogP contribution in [0.5, 0.6) is 5.75 Å². The van der Waals surface area contributed by atoms with Crippen LogP contribution >= 0.6 is 15.9 Å². The van der Waals surface area contributed by atoms with E-state index in [4.69, 9.17) is 4.74 Å². The van der Waals surface area contributed by atoms with Crippen molar-refractivity contribution in [3.05, 3.63) is 63.9 Å². The van der Waals surface area contributed by atoms with Crippen molar-refractivity contribution in [1.29, 1.82) is 0 Å². The Hall–Kier alpha value is -1.88. The molecule has 0 heterocycles. The van der Waals surface area contributed by atoms with E-state index in [0.717, 1.165) is 5.56 Å². The SMILES string of the molecule is Cc1ccc(CNC(=O)COc2ccc(F)cc2Br)cc1. The highest BCUT2D eigenvalue weighted by atomic mass is 79.9. The molecule has 0 spiro atoms. The van der Waals surface area contributed by atoms with Crippen LogP contribution in [-0.4, -0.2) is 12.5 Å². The summed E-state index contributed by atoms with van der Waals surface area (Å²) in [4.78, 5) is 11.7. The van der Waals surface area contributed by atoms with E-state index < -0.39 is 0 Å². The van der Waals surface area contributed by atoms with E-state index in [1.54, 1.807) is 0 Å². The van der Waals surface area contributed by atoms with Gasteiger partial charge in [-0.3, -0.25) is 4.79 Å². The van der Waals surface area contributed by atoms with Crippen LogP contribution < -0.4 is 10.1 Å². The molecule has 0 unspecified atom stereocenters. The summed E-state index contributed by atoms with van der Waals surface area (Å²) < 4.78 is 18.7. The molecule has 3 nitrogen and oxygen atoms in total. The maximum Gasteiger partial charge on any atom is 0.258 e. The summed E-state index contributed by atoms with van der Waals surface area (Å²) in [5.74, 6) is -0.160. The lowest BCUT2D eigenvalue weighted by atomic mass is 10.1. The van der Waals surface area contributed by atoms with Gasteiger partial charge in [-0.15, -0.1) is 0 Å². The molecule has 2 rings (SSSR count). The number of hydrogen-bond acceptors (Lipinski definition) is 2. The standard InChI is InChI=1S/C16H15BrFNO2/c1-11-2-4-12(5-3-11)9-19-16(20)10-21-15-7-6-13(18)8-14(15)17/h2-8H,9-10H2,1H3,(H,19,20). The van der Waals surface area contributed by atoms with Crippen molar-refractivity contribution < 1.29 is 13.9 Å². The summed E-state index contributed by atoms with van der Waals surface area (Å²) in [6, 6.07) is 12.0. The summed E-state index contributed by atoms with van der Waals surface area (Å²) in [6.45, 7) is 2.35. The van der Waals surface area contributed by atoms with Crippen LogP contribution in [0.1, 0.15) is 11.1 Å². The molecule has 0 saturated carbocycles. The fourth-order valence-corrected chi connectivity index (χ4v) is 2.16. The molecular weight excluding hydrogens is 337 g/mol. The molecule has 0 fully saturated rings. The second-order valence-corrected chi connectivity index (χ2v) is 5.48. The number of nitrogens with one attached hydrogen (secondary N) is 1. The van der Waals surface area contributed by atoms with Crippen molar-refractivity contribution in [3.8, 4) is 5.75 Å². The molecule has 1 amide bonds. The Morgan fingerprint density at radius 1 is 1.24 bits per heavy atom. The molecule has 1 N–H and O–H groups in total. The maximum absolute atomic E-state index is 12.9. The molecule has 2 aromatic rings. The van der Waals surface area contributed by atoms with E-state index in [1.165, 1.54) is 23.8 Å². The van der Waals surface area contributed by atoms with Gasteiger partial charge in [-0.2, -0.15) is 0 Å². The van der Waals surface area contributed by atoms with Gasteiger partial charge in [0.15, 0.2) is 6.61 Å². The van der Waals surface area contributed by atoms with Gasteiger partial charge in [0.05, 0.1) is 4.47 Å². The highest BCUT2D eigenvalue weighted by Crippen LogP contribution is 2.25. The van der Waals surface area contributed by atoms with Gasteiger partial charge in [0, 0.05) is 6.54 Å². The zero-order chi connectivity index (χ0) is 15.2. The lowest BCUT2D eigenvalue weighted by Gasteiger charge is -2.09. The topological polar surface area (TPSA) is 38.3 Å². The molecule has 0 aliphatic heterocycles. The predicted molar refractivity (Wildman–Crippen MR) is 82.6 cm³/mol. The van der Waals surface area contributed by atoms with Crippen LogP contribution in [0.2, 0.25) is 0 Å². The molecule has 2 aromatic carbocycles. The molecule has 21 heavy (non-hydrogen) atoms. The minimum Gasteiger partial charge on any atom is -0.483 e. The van der Waals surface area contributed by atoms with Crippen molar-refractivity contribution in [2.75, 3.05) is 6.61 Å². The summed E-state index contributed by atoms with van der Waals surface area (Å²) >= 11 is 3.18. The first-order valence-corrected chi connectivity index (χ1v) is 7.24. The summed E-state index contributed by atoms with van der Waals surface area (Å²) in [5, 5.41) is 2.77. The van der Waals surface area contributed by atoms with E-state index in [1.807, 2.05) is 31.2 Å². The second kappa shape index (κ2) is 7.22. The molecule has 0 bridgehead atoms. The van der Waals surface area contributed by atoms with Crippen LogP contribution in [-0.2, 0) is 11.3 Å². The van der Waals surface area contributed by atoms with E-state index in [-0.39, 0.29) is 18.3 Å². The quantitative estimate of drug-likeness (QED) is 0.893. The zero-order valence-electron chi connectivity index (χ0n) is 11.5. The van der Waals surface area contributed by atoms with Crippen molar-refractivity contribution in [2.45, 2.75) is 13.5 Å². The Morgan fingerprint density at radius 3 is 2.62 bits per heavy atom. The Bertz CT molecular complexity index is 629. The van der Waals surface area contributed by atoms with Gasteiger partial charge in [0.2, 0.25) is 0 Å². The van der Waals surface area contributed by atoms with Gasteiger partial charge in [-0.25, -0.2) is 4.39 Å². The number of benzene rings is 2. The Balaban J connectivity index is 1.80. The highest BCUT2D eigenvalue weighted by Gasteiger charge is 2.06. The van der Waals surface area contributed by atoms with Crippen LogP contribution in [0.4, 0.5) is 4.39 Å². The van der Waals surface area contributed by atoms with Crippen LogP contribution in [0.25, 0.3) is 0 Å². The van der Waals surface area contributed by atoms with Crippen LogP contribution in [0.3, 0.4) is 0 Å². The summed E-state index contributed by atoms with van der Waals surface area (Å²) in [5.41, 5.74) is 2.20. The van der Waals surface area contributed by atoms with Crippen LogP contribution in [0.15, 0.2) is 46.9 Å². The molecule has 0 radical (unpaired) electrons. The number of carbonyl (C=O) groups is 1. The minimum atomic E-state index is -0.363. The predicted octanol–water partition coefficient (Wildman–Crippen LogP) is 3.59. The highest BCUT2D eigenvalue weighted by molar-refractivity contribution is 9.10. The monoisotopic (exact) mass is 351 g/mol. The van der Waals surface area contributed by atoms with E-state index in [0.29, 0.717) is 16.8 Å². The van der Waals surface area contributed by atoms with Crippen molar-refractivity contribution in [2.24, 2.45) is 0 Å². The smallest absolute Gasteiger partial charge is 0.258 e. The molecule has 0 aromatic heterocycles. The average molecular weight is 352 g/mol. The third-order valence-electron chi connectivity index (χ3n) is 2.86. The number of aryl methyl sites for hydroxylation is 1. The fourth-order valence-electron chi connectivity index (χ4n) is 1.69. The lowest BCUT2D eigenvalue weighted by Crippen LogP contribution is -2.28. The summed E-state index contributed by atoms with van der Waals surface area (Å²) in [6.07, 6.45) is 0. The third-order valence-corrected chi connectivity index (χ3v) is 3.48. The zero-order valence-corrected chi connectivity index (χ0v) is 13.1. The van der Waals surface area contributed by atoms with Crippen molar-refractivity contribution in [3.63, 3.8) is 0 Å². The molecule has 0 aliphatic rings. The van der Waals surface area contributed by atoms with E-state index in [9.17, 15) is 9.18 Å².